The average Bonchev–Trinajstić information content (AvgIpc) is 3.03. The van der Waals surface area contributed by atoms with E-state index in [9.17, 15) is 9.59 Å². The van der Waals surface area contributed by atoms with E-state index in [0.717, 1.165) is 6.42 Å². The normalized spacial score (nSPS) is 11.8. The largest absolute Gasteiger partial charge is 0.493 e. The summed E-state index contributed by atoms with van der Waals surface area (Å²) in [6.07, 6.45) is 0.470. The SMILES string of the molecule is CCc1nc2c(OC)c(OC)c(OC)cc2c(=O)n1CC(CN(C)CCCOC)OC(=O)c1cc(OC)c(OC)c(OC)c1. The van der Waals surface area contributed by atoms with Crippen molar-refractivity contribution in [3.63, 3.8) is 0 Å². The Bertz CT molecular complexity index is 1470. The third-order valence-electron chi connectivity index (χ3n) is 7.11. The van der Waals surface area contributed by atoms with Gasteiger partial charge in [-0.1, -0.05) is 6.92 Å². The van der Waals surface area contributed by atoms with Crippen LogP contribution in [0.3, 0.4) is 0 Å². The van der Waals surface area contributed by atoms with Gasteiger partial charge in [0.2, 0.25) is 11.5 Å². The van der Waals surface area contributed by atoms with Crippen LogP contribution in [0.5, 0.6) is 34.5 Å². The van der Waals surface area contributed by atoms with Gasteiger partial charge in [-0.05, 0) is 31.7 Å². The lowest BCUT2D eigenvalue weighted by atomic mass is 10.1. The summed E-state index contributed by atoms with van der Waals surface area (Å²) < 4.78 is 45.6. The molecule has 44 heavy (non-hydrogen) atoms. The van der Waals surface area contributed by atoms with Gasteiger partial charge in [0.15, 0.2) is 23.0 Å². The van der Waals surface area contributed by atoms with Crippen molar-refractivity contribution in [2.45, 2.75) is 32.4 Å². The molecule has 13 nitrogen and oxygen atoms in total. The minimum atomic E-state index is -0.738. The number of likely N-dealkylation sites (N-methyl/N-ethyl adjacent to an activating group) is 1. The summed E-state index contributed by atoms with van der Waals surface area (Å²) in [5.41, 5.74) is 0.223. The molecule has 3 rings (SSSR count). The van der Waals surface area contributed by atoms with Crippen LogP contribution in [0.15, 0.2) is 23.0 Å². The molecule has 1 unspecified atom stereocenters. The van der Waals surface area contributed by atoms with Crippen molar-refractivity contribution in [1.29, 1.82) is 0 Å². The number of carbonyl (C=O) groups excluding carboxylic acids is 1. The monoisotopic (exact) mass is 617 g/mol. The second kappa shape index (κ2) is 16.0. The molecule has 1 atom stereocenters. The molecule has 0 amide bonds. The predicted octanol–water partition coefficient (Wildman–Crippen LogP) is 3.20. The summed E-state index contributed by atoms with van der Waals surface area (Å²) in [5, 5.41) is 0.278. The lowest BCUT2D eigenvalue weighted by molar-refractivity contribution is 0.0166. The molecule has 0 N–H and O–H groups in total. The number of aryl methyl sites for hydroxylation is 1. The van der Waals surface area contributed by atoms with E-state index < -0.39 is 12.1 Å². The first-order valence-corrected chi connectivity index (χ1v) is 14.1. The number of hydrogen-bond donors (Lipinski definition) is 0. The van der Waals surface area contributed by atoms with E-state index in [0.29, 0.717) is 72.0 Å². The molecule has 13 heteroatoms. The van der Waals surface area contributed by atoms with Crippen LogP contribution in [0.1, 0.15) is 29.5 Å². The standard InChI is InChI=1S/C31H43N3O10/c1-10-25-32-26-21(16-24(40-6)28(42-8)29(26)43-9)30(35)34(25)18-20(17-33(2)12-11-13-37-3)44-31(36)19-14-22(38-4)27(41-7)23(15-19)39-5/h14-16,20H,10-13,17-18H2,1-9H3. The summed E-state index contributed by atoms with van der Waals surface area (Å²) in [6, 6.07) is 4.63. The first-order valence-electron chi connectivity index (χ1n) is 14.1. The van der Waals surface area contributed by atoms with Crippen molar-refractivity contribution in [1.82, 2.24) is 14.5 Å². The van der Waals surface area contributed by atoms with Gasteiger partial charge in [-0.2, -0.15) is 0 Å². The molecule has 0 saturated carbocycles. The Morgan fingerprint density at radius 2 is 1.45 bits per heavy atom. The Labute approximate surface area is 257 Å². The molecule has 0 aliphatic rings. The average molecular weight is 618 g/mol. The highest BCUT2D eigenvalue weighted by molar-refractivity contribution is 5.91. The highest BCUT2D eigenvalue weighted by atomic mass is 16.6. The number of ether oxygens (including phenoxy) is 8. The van der Waals surface area contributed by atoms with Crippen molar-refractivity contribution >= 4 is 16.9 Å². The fourth-order valence-corrected chi connectivity index (χ4v) is 5.00. The van der Waals surface area contributed by atoms with Crippen LogP contribution >= 0.6 is 0 Å². The second-order valence-electron chi connectivity index (χ2n) is 9.89. The van der Waals surface area contributed by atoms with Crippen LogP contribution < -0.4 is 34.0 Å². The lowest BCUT2D eigenvalue weighted by Gasteiger charge is -2.26. The molecule has 2 aromatic carbocycles. The molecular weight excluding hydrogens is 574 g/mol. The van der Waals surface area contributed by atoms with Crippen LogP contribution in [-0.2, 0) is 22.4 Å². The van der Waals surface area contributed by atoms with Crippen LogP contribution in [-0.4, -0.2) is 103 Å². The summed E-state index contributed by atoms with van der Waals surface area (Å²) in [5.74, 6) is 1.81. The number of esters is 1. The molecule has 1 heterocycles. The van der Waals surface area contributed by atoms with Crippen LogP contribution in [0, 0.1) is 0 Å². The highest BCUT2D eigenvalue weighted by Crippen LogP contribution is 2.42. The van der Waals surface area contributed by atoms with E-state index in [4.69, 9.17) is 42.9 Å². The molecule has 0 aliphatic carbocycles. The lowest BCUT2D eigenvalue weighted by Crippen LogP contribution is -2.39. The highest BCUT2D eigenvalue weighted by Gasteiger charge is 2.26. The second-order valence-corrected chi connectivity index (χ2v) is 9.89. The number of hydrogen-bond acceptors (Lipinski definition) is 12. The zero-order chi connectivity index (χ0) is 32.4. The molecule has 0 saturated heterocycles. The Kier molecular flexibility index (Phi) is 12.5. The Hall–Kier alpha value is -4.23. The van der Waals surface area contributed by atoms with Crippen LogP contribution in [0.25, 0.3) is 10.9 Å². The number of nitrogens with zero attached hydrogens (tertiary/aromatic N) is 3. The van der Waals surface area contributed by atoms with E-state index >= 15 is 0 Å². The third-order valence-corrected chi connectivity index (χ3v) is 7.11. The van der Waals surface area contributed by atoms with Crippen molar-refractivity contribution in [3.05, 3.63) is 39.9 Å². The number of methoxy groups -OCH3 is 7. The number of benzene rings is 2. The Morgan fingerprint density at radius 1 is 0.864 bits per heavy atom. The minimum absolute atomic E-state index is 0.0480. The fraction of sp³-hybridized carbons (Fsp3) is 0.516. The zero-order valence-corrected chi connectivity index (χ0v) is 27.0. The van der Waals surface area contributed by atoms with Gasteiger partial charge in [0.05, 0.1) is 60.2 Å². The number of fused-ring (bicyclic) bond motifs is 1. The summed E-state index contributed by atoms with van der Waals surface area (Å²) >= 11 is 0. The molecule has 3 aromatic rings. The molecular formula is C31H43N3O10. The van der Waals surface area contributed by atoms with E-state index in [1.165, 1.54) is 59.4 Å². The van der Waals surface area contributed by atoms with Gasteiger partial charge in [-0.15, -0.1) is 0 Å². The van der Waals surface area contributed by atoms with Gasteiger partial charge >= 0.3 is 5.97 Å². The fourth-order valence-electron chi connectivity index (χ4n) is 5.00. The molecule has 0 radical (unpaired) electrons. The predicted molar refractivity (Wildman–Crippen MR) is 164 cm³/mol. The third kappa shape index (κ3) is 7.45. The van der Waals surface area contributed by atoms with Gasteiger partial charge in [-0.3, -0.25) is 9.36 Å². The summed E-state index contributed by atoms with van der Waals surface area (Å²) in [6.45, 7) is 3.55. The van der Waals surface area contributed by atoms with E-state index in [1.807, 2.05) is 18.9 Å². The van der Waals surface area contributed by atoms with Gasteiger partial charge in [-0.25, -0.2) is 9.78 Å². The smallest absolute Gasteiger partial charge is 0.338 e. The maximum absolute atomic E-state index is 14.0. The summed E-state index contributed by atoms with van der Waals surface area (Å²) in [7, 11) is 12.4. The number of aromatic nitrogens is 2. The maximum Gasteiger partial charge on any atom is 0.338 e. The molecule has 0 bridgehead atoms. The molecule has 0 aliphatic heterocycles. The Morgan fingerprint density at radius 3 is 1.98 bits per heavy atom. The van der Waals surface area contributed by atoms with Crippen LogP contribution in [0.4, 0.5) is 0 Å². The molecule has 0 spiro atoms. The van der Waals surface area contributed by atoms with Crippen molar-refractivity contribution in [2.75, 3.05) is 76.5 Å². The van der Waals surface area contributed by atoms with E-state index in [2.05, 4.69) is 0 Å². The summed E-state index contributed by atoms with van der Waals surface area (Å²) in [4.78, 5) is 34.4. The minimum Gasteiger partial charge on any atom is -0.493 e. The van der Waals surface area contributed by atoms with Crippen molar-refractivity contribution in [3.8, 4) is 34.5 Å². The topological polar surface area (TPSA) is 129 Å². The van der Waals surface area contributed by atoms with Gasteiger partial charge < -0.3 is 42.8 Å². The van der Waals surface area contributed by atoms with Crippen LogP contribution in [0.2, 0.25) is 0 Å². The van der Waals surface area contributed by atoms with Gasteiger partial charge in [0.1, 0.15) is 17.4 Å². The number of carbonyl (C=O) groups is 1. The van der Waals surface area contributed by atoms with Crippen molar-refractivity contribution < 1.29 is 42.7 Å². The Balaban J connectivity index is 2.09. The quantitative estimate of drug-likeness (QED) is 0.163. The van der Waals surface area contributed by atoms with Gasteiger partial charge in [0, 0.05) is 33.2 Å². The first kappa shape index (κ1) is 34.3. The van der Waals surface area contributed by atoms with E-state index in [-0.39, 0.29) is 23.1 Å². The first-order chi connectivity index (χ1) is 21.2. The molecule has 242 valence electrons. The van der Waals surface area contributed by atoms with Crippen molar-refractivity contribution in [2.24, 2.45) is 0 Å². The van der Waals surface area contributed by atoms with Gasteiger partial charge in [0.25, 0.3) is 5.56 Å². The molecule has 0 fully saturated rings. The maximum atomic E-state index is 14.0. The molecule has 1 aromatic heterocycles. The number of rotatable bonds is 17. The zero-order valence-electron chi connectivity index (χ0n) is 27.0. The van der Waals surface area contributed by atoms with E-state index in [1.54, 1.807) is 13.2 Å².